The molecular formula is C43H26N2O2. The third-order valence-electron chi connectivity index (χ3n) is 10.0. The summed E-state index contributed by atoms with van der Waals surface area (Å²) in [6.07, 6.45) is 0. The summed E-state index contributed by atoms with van der Waals surface area (Å²) in [5.74, 6) is 0. The van der Waals surface area contributed by atoms with Gasteiger partial charge in [0.05, 0.1) is 22.1 Å². The molecule has 11 rings (SSSR count). The molecule has 0 spiro atoms. The van der Waals surface area contributed by atoms with Gasteiger partial charge < -0.3 is 18.0 Å². The molecule has 0 radical (unpaired) electrons. The maximum Gasteiger partial charge on any atom is 0.178 e. The van der Waals surface area contributed by atoms with Crippen molar-refractivity contribution in [3.63, 3.8) is 0 Å². The van der Waals surface area contributed by atoms with Crippen molar-refractivity contribution in [2.45, 2.75) is 6.92 Å². The summed E-state index contributed by atoms with van der Waals surface area (Å²) < 4.78 is 17.9. The molecule has 0 amide bonds. The van der Waals surface area contributed by atoms with E-state index in [1.807, 2.05) is 0 Å². The van der Waals surface area contributed by atoms with E-state index in [2.05, 4.69) is 156 Å². The van der Waals surface area contributed by atoms with E-state index in [9.17, 15) is 0 Å². The minimum absolute atomic E-state index is 0.787. The van der Waals surface area contributed by atoms with Crippen molar-refractivity contribution in [2.24, 2.45) is 0 Å². The highest BCUT2D eigenvalue weighted by Crippen LogP contribution is 2.43. The third kappa shape index (κ3) is 3.26. The SMILES string of the molecule is Cc1cc2c3cc(-n4c5ccccc5c5ccccc54)ccc3oc2c2oc3ccc(-n4c5ccccc5c5ccccc54)cc3c12. The fourth-order valence-corrected chi connectivity index (χ4v) is 8.02. The molecule has 220 valence electrons. The lowest BCUT2D eigenvalue weighted by Crippen LogP contribution is -1.93. The zero-order valence-electron chi connectivity index (χ0n) is 25.5. The number of hydrogen-bond acceptors (Lipinski definition) is 2. The lowest BCUT2D eigenvalue weighted by molar-refractivity contribution is 0.633. The number of hydrogen-bond donors (Lipinski definition) is 0. The van der Waals surface area contributed by atoms with Crippen LogP contribution in [-0.2, 0) is 0 Å². The summed E-state index contributed by atoms with van der Waals surface area (Å²) in [7, 11) is 0. The highest BCUT2D eigenvalue weighted by molar-refractivity contribution is 6.21. The molecule has 47 heavy (non-hydrogen) atoms. The highest BCUT2D eigenvalue weighted by atomic mass is 16.4. The van der Waals surface area contributed by atoms with Crippen LogP contribution in [0.2, 0.25) is 0 Å². The van der Waals surface area contributed by atoms with Gasteiger partial charge in [0, 0.05) is 54.5 Å². The molecule has 4 heterocycles. The normalized spacial score (nSPS) is 12.4. The average Bonchev–Trinajstić information content (AvgIpc) is 3.86. The molecule has 4 aromatic heterocycles. The molecule has 0 saturated carbocycles. The van der Waals surface area contributed by atoms with Crippen LogP contribution in [0.3, 0.4) is 0 Å². The predicted molar refractivity (Wildman–Crippen MR) is 194 cm³/mol. The average molecular weight is 603 g/mol. The molecule has 0 bridgehead atoms. The molecule has 0 aliphatic carbocycles. The van der Waals surface area contributed by atoms with Crippen LogP contribution >= 0.6 is 0 Å². The second-order valence-corrected chi connectivity index (χ2v) is 12.6. The Labute approximate surface area is 268 Å². The van der Waals surface area contributed by atoms with Crippen LogP contribution in [0.5, 0.6) is 0 Å². The number of aryl methyl sites for hydroxylation is 1. The van der Waals surface area contributed by atoms with Crippen LogP contribution in [-0.4, -0.2) is 9.13 Å². The molecule has 7 aromatic carbocycles. The van der Waals surface area contributed by atoms with Crippen molar-refractivity contribution in [2.75, 3.05) is 0 Å². The maximum atomic E-state index is 6.63. The monoisotopic (exact) mass is 602 g/mol. The lowest BCUT2D eigenvalue weighted by Gasteiger charge is -2.08. The summed E-state index contributed by atoms with van der Waals surface area (Å²) in [6, 6.07) is 49.8. The van der Waals surface area contributed by atoms with Gasteiger partial charge in [0.25, 0.3) is 0 Å². The van der Waals surface area contributed by atoms with Gasteiger partial charge >= 0.3 is 0 Å². The Bertz CT molecular complexity index is 2990. The van der Waals surface area contributed by atoms with E-state index in [1.54, 1.807) is 0 Å². The van der Waals surface area contributed by atoms with Crippen LogP contribution in [0.15, 0.2) is 148 Å². The Kier molecular flexibility index (Phi) is 4.75. The van der Waals surface area contributed by atoms with E-state index < -0.39 is 0 Å². The van der Waals surface area contributed by atoms with E-state index in [1.165, 1.54) is 43.6 Å². The van der Waals surface area contributed by atoms with Gasteiger partial charge in [0.1, 0.15) is 11.2 Å². The number of benzene rings is 7. The number of fused-ring (bicyclic) bond motifs is 13. The Morgan fingerprint density at radius 1 is 0.383 bits per heavy atom. The molecule has 0 fully saturated rings. The van der Waals surface area contributed by atoms with Crippen LogP contribution in [0.25, 0.3) is 98.9 Å². The van der Waals surface area contributed by atoms with Crippen molar-refractivity contribution >= 4 is 87.5 Å². The van der Waals surface area contributed by atoms with Gasteiger partial charge in [0.15, 0.2) is 11.2 Å². The summed E-state index contributed by atoms with van der Waals surface area (Å²) >= 11 is 0. The molecule has 4 nitrogen and oxygen atoms in total. The molecule has 0 atom stereocenters. The minimum Gasteiger partial charge on any atom is -0.452 e. The third-order valence-corrected chi connectivity index (χ3v) is 10.0. The Balaban J connectivity index is 1.15. The van der Waals surface area contributed by atoms with Crippen LogP contribution in [0, 0.1) is 6.92 Å². The second kappa shape index (κ2) is 8.93. The van der Waals surface area contributed by atoms with Crippen molar-refractivity contribution < 1.29 is 8.83 Å². The lowest BCUT2D eigenvalue weighted by atomic mass is 10.0. The van der Waals surface area contributed by atoms with Crippen LogP contribution in [0.4, 0.5) is 0 Å². The zero-order chi connectivity index (χ0) is 30.8. The Hall–Kier alpha value is -6.26. The first-order valence-electron chi connectivity index (χ1n) is 16.0. The number of nitrogens with zero attached hydrogens (tertiary/aromatic N) is 2. The van der Waals surface area contributed by atoms with Gasteiger partial charge in [-0.1, -0.05) is 72.8 Å². The molecule has 0 unspecified atom stereocenters. The standard InChI is InChI=1S/C43H26N2O2/c1-25-22-33-32-23-26(44-35-14-6-2-10-28(35)29-11-3-7-15-36(29)44)18-20-39(32)46-42(33)43-41(25)34-24-27(19-21-40(34)47-43)45-37-16-8-4-12-30(37)31-13-5-9-17-38(31)45/h2-24H,1H3. The topological polar surface area (TPSA) is 36.1 Å². The predicted octanol–water partition coefficient (Wildman–Crippen LogP) is 12.0. The quantitative estimate of drug-likeness (QED) is 0.197. The molecule has 11 aromatic rings. The Morgan fingerprint density at radius 3 is 1.32 bits per heavy atom. The molecule has 0 aliphatic rings. The summed E-state index contributed by atoms with van der Waals surface area (Å²) in [4.78, 5) is 0. The highest BCUT2D eigenvalue weighted by Gasteiger charge is 2.21. The van der Waals surface area contributed by atoms with Crippen LogP contribution in [0.1, 0.15) is 5.56 Å². The van der Waals surface area contributed by atoms with Gasteiger partial charge in [-0.25, -0.2) is 0 Å². The number of aromatic nitrogens is 2. The summed E-state index contributed by atoms with van der Waals surface area (Å²) in [6.45, 7) is 2.18. The van der Waals surface area contributed by atoms with E-state index in [0.29, 0.717) is 0 Å². The van der Waals surface area contributed by atoms with Crippen molar-refractivity contribution in [3.05, 3.63) is 145 Å². The molecule has 0 aliphatic heterocycles. The molecule has 0 N–H and O–H groups in total. The summed E-state index contributed by atoms with van der Waals surface area (Å²) in [5.41, 5.74) is 11.4. The van der Waals surface area contributed by atoms with Gasteiger partial charge in [-0.3, -0.25) is 0 Å². The number of rotatable bonds is 2. The van der Waals surface area contributed by atoms with Crippen molar-refractivity contribution in [1.82, 2.24) is 9.13 Å². The Morgan fingerprint density at radius 2 is 0.809 bits per heavy atom. The van der Waals surface area contributed by atoms with Gasteiger partial charge in [-0.05, 0) is 79.2 Å². The fraction of sp³-hybridized carbons (Fsp3) is 0.0233. The van der Waals surface area contributed by atoms with Gasteiger partial charge in [-0.2, -0.15) is 0 Å². The summed E-state index contributed by atoms with van der Waals surface area (Å²) in [5, 5.41) is 9.33. The minimum atomic E-state index is 0.787. The van der Waals surface area contributed by atoms with E-state index in [4.69, 9.17) is 8.83 Å². The fourth-order valence-electron chi connectivity index (χ4n) is 8.02. The van der Waals surface area contributed by atoms with Crippen LogP contribution < -0.4 is 0 Å². The smallest absolute Gasteiger partial charge is 0.178 e. The van der Waals surface area contributed by atoms with Crippen molar-refractivity contribution in [1.29, 1.82) is 0 Å². The van der Waals surface area contributed by atoms with E-state index in [-0.39, 0.29) is 0 Å². The molecule has 0 saturated heterocycles. The van der Waals surface area contributed by atoms with E-state index in [0.717, 1.165) is 60.8 Å². The van der Waals surface area contributed by atoms with Crippen molar-refractivity contribution in [3.8, 4) is 11.4 Å². The second-order valence-electron chi connectivity index (χ2n) is 12.6. The zero-order valence-corrected chi connectivity index (χ0v) is 25.5. The first-order chi connectivity index (χ1) is 23.2. The maximum absolute atomic E-state index is 6.63. The molecular weight excluding hydrogens is 576 g/mol. The number of para-hydroxylation sites is 4. The van der Waals surface area contributed by atoms with E-state index >= 15 is 0 Å². The first-order valence-corrected chi connectivity index (χ1v) is 16.0. The first kappa shape index (κ1) is 25.0. The number of furan rings is 2. The largest absolute Gasteiger partial charge is 0.452 e. The van der Waals surface area contributed by atoms with Gasteiger partial charge in [0.2, 0.25) is 0 Å². The van der Waals surface area contributed by atoms with Gasteiger partial charge in [-0.15, -0.1) is 0 Å². The molecule has 4 heteroatoms.